The van der Waals surface area contributed by atoms with Crippen LogP contribution >= 0.6 is 15.9 Å². The van der Waals surface area contributed by atoms with E-state index in [0.29, 0.717) is 31.2 Å². The van der Waals surface area contributed by atoms with Crippen LogP contribution < -0.4 is 0 Å². The Hall–Kier alpha value is -1.88. The van der Waals surface area contributed by atoms with Crippen molar-refractivity contribution in [3.63, 3.8) is 0 Å². The third-order valence-electron chi connectivity index (χ3n) is 6.19. The highest BCUT2D eigenvalue weighted by Crippen LogP contribution is 2.52. The molecule has 2 aliphatic rings. The van der Waals surface area contributed by atoms with Gasteiger partial charge in [0.25, 0.3) is 0 Å². The Morgan fingerprint density at radius 2 is 1.79 bits per heavy atom. The van der Waals surface area contributed by atoms with Gasteiger partial charge in [-0.15, -0.1) is 0 Å². The third-order valence-corrected chi connectivity index (χ3v) is 7.52. The quantitative estimate of drug-likeness (QED) is 0.157. The number of ketones is 1. The molecule has 1 saturated carbocycles. The van der Waals surface area contributed by atoms with Crippen LogP contribution in [0.3, 0.4) is 0 Å². The SMILES string of the molecule is COC(=O)CC1CCC2(C=C(OS(=O)(=O)C(F)(F)F)c3cc(C(=O)C(C)(C)Br)ccc32)CC1. The van der Waals surface area contributed by atoms with Gasteiger partial charge in [0.2, 0.25) is 0 Å². The molecule has 182 valence electrons. The summed E-state index contributed by atoms with van der Waals surface area (Å²) < 4.78 is 70.9. The van der Waals surface area contributed by atoms with Gasteiger partial charge in [-0.2, -0.15) is 21.6 Å². The largest absolute Gasteiger partial charge is 0.534 e. The second kappa shape index (κ2) is 8.72. The van der Waals surface area contributed by atoms with Gasteiger partial charge < -0.3 is 8.92 Å². The highest BCUT2D eigenvalue weighted by atomic mass is 79.9. The fraction of sp³-hybridized carbons (Fsp3) is 0.545. The van der Waals surface area contributed by atoms with Crippen LogP contribution in [0.4, 0.5) is 13.2 Å². The van der Waals surface area contributed by atoms with Gasteiger partial charge in [0.1, 0.15) is 5.76 Å². The maximum atomic E-state index is 13.0. The van der Waals surface area contributed by atoms with Crippen molar-refractivity contribution in [1.29, 1.82) is 0 Å². The lowest BCUT2D eigenvalue weighted by Crippen LogP contribution is -2.30. The van der Waals surface area contributed by atoms with E-state index in [1.165, 1.54) is 19.3 Å². The molecule has 0 aromatic heterocycles. The number of allylic oxidation sites excluding steroid dienone is 1. The number of hydrogen-bond donors (Lipinski definition) is 0. The predicted molar refractivity (Wildman–Crippen MR) is 118 cm³/mol. The van der Waals surface area contributed by atoms with Crippen molar-refractivity contribution in [2.75, 3.05) is 7.11 Å². The zero-order valence-electron chi connectivity index (χ0n) is 18.3. The molecule has 6 nitrogen and oxygen atoms in total. The highest BCUT2D eigenvalue weighted by Gasteiger charge is 2.51. The zero-order chi connectivity index (χ0) is 24.8. The van der Waals surface area contributed by atoms with Crippen LogP contribution in [0.25, 0.3) is 5.76 Å². The predicted octanol–water partition coefficient (Wildman–Crippen LogP) is 5.25. The Morgan fingerprint density at radius 3 is 2.30 bits per heavy atom. The molecule has 0 saturated heterocycles. The van der Waals surface area contributed by atoms with Gasteiger partial charge in [-0.05, 0) is 63.2 Å². The molecule has 0 radical (unpaired) electrons. The van der Waals surface area contributed by atoms with E-state index < -0.39 is 31.1 Å². The number of fused-ring (bicyclic) bond motifs is 2. The number of halogens is 4. The number of methoxy groups -OCH3 is 1. The number of alkyl halides is 4. The fourth-order valence-electron chi connectivity index (χ4n) is 4.44. The van der Waals surface area contributed by atoms with Crippen molar-refractivity contribution in [1.82, 2.24) is 0 Å². The Kier molecular flexibility index (Phi) is 6.80. The summed E-state index contributed by atoms with van der Waals surface area (Å²) in [4.78, 5) is 24.3. The van der Waals surface area contributed by atoms with E-state index in [-0.39, 0.29) is 35.2 Å². The minimum Gasteiger partial charge on any atom is -0.469 e. The fourth-order valence-corrected chi connectivity index (χ4v) is 5.13. The minimum absolute atomic E-state index is 0.0545. The number of benzene rings is 1. The van der Waals surface area contributed by atoms with E-state index >= 15 is 0 Å². The number of carbonyl (C=O) groups excluding carboxylic acids is 2. The van der Waals surface area contributed by atoms with Gasteiger partial charge in [0.15, 0.2) is 5.78 Å². The van der Waals surface area contributed by atoms with Crippen LogP contribution in [0.15, 0.2) is 24.3 Å². The molecule has 0 atom stereocenters. The van der Waals surface area contributed by atoms with E-state index in [1.807, 2.05) is 0 Å². The first-order valence-electron chi connectivity index (χ1n) is 10.3. The molecule has 33 heavy (non-hydrogen) atoms. The number of esters is 1. The normalized spacial score (nSPS) is 23.1. The Labute approximate surface area is 198 Å². The molecule has 1 spiro atoms. The second-order valence-corrected chi connectivity index (χ2v) is 12.5. The van der Waals surface area contributed by atoms with Crippen molar-refractivity contribution in [3.05, 3.63) is 41.0 Å². The molecule has 0 N–H and O–H groups in total. The summed E-state index contributed by atoms with van der Waals surface area (Å²) in [7, 11) is -4.59. The smallest absolute Gasteiger partial charge is 0.469 e. The highest BCUT2D eigenvalue weighted by molar-refractivity contribution is 9.10. The number of hydrogen-bond acceptors (Lipinski definition) is 6. The first-order valence-corrected chi connectivity index (χ1v) is 12.5. The van der Waals surface area contributed by atoms with Crippen molar-refractivity contribution in [2.24, 2.45) is 5.92 Å². The maximum absolute atomic E-state index is 13.0. The van der Waals surface area contributed by atoms with Gasteiger partial charge in [0.05, 0.1) is 11.4 Å². The summed E-state index contributed by atoms with van der Waals surface area (Å²) in [6.45, 7) is 3.27. The van der Waals surface area contributed by atoms with Gasteiger partial charge in [-0.25, -0.2) is 0 Å². The molecule has 1 aromatic carbocycles. The van der Waals surface area contributed by atoms with Gasteiger partial charge >= 0.3 is 21.6 Å². The first kappa shape index (κ1) is 25.7. The van der Waals surface area contributed by atoms with Crippen molar-refractivity contribution in [2.45, 2.75) is 61.2 Å². The molecule has 0 amide bonds. The van der Waals surface area contributed by atoms with E-state index in [2.05, 4.69) is 20.1 Å². The molecule has 0 bridgehead atoms. The van der Waals surface area contributed by atoms with Crippen molar-refractivity contribution < 1.29 is 40.1 Å². The summed E-state index contributed by atoms with van der Waals surface area (Å²) >= 11 is 3.28. The van der Waals surface area contributed by atoms with Crippen LogP contribution in [-0.4, -0.2) is 37.1 Å². The Bertz CT molecular complexity index is 1090. The van der Waals surface area contributed by atoms with Gasteiger partial charge in [0, 0.05) is 23.0 Å². The Balaban J connectivity index is 2.01. The van der Waals surface area contributed by atoms with E-state index in [1.54, 1.807) is 26.0 Å². The van der Waals surface area contributed by atoms with E-state index in [4.69, 9.17) is 4.74 Å². The molecule has 0 aliphatic heterocycles. The van der Waals surface area contributed by atoms with E-state index in [9.17, 15) is 31.2 Å². The average Bonchev–Trinajstić information content (AvgIpc) is 2.99. The summed E-state index contributed by atoms with van der Waals surface area (Å²) in [5.41, 5.74) is -5.37. The van der Waals surface area contributed by atoms with Crippen LogP contribution in [0.5, 0.6) is 0 Å². The molecule has 1 aromatic rings. The standard InChI is InChI=1S/C22H24BrF3O6S/c1-20(2,23)19(28)14-4-5-16-15(11-14)17(32-33(29,30)22(24,25)26)12-21(16)8-6-13(7-9-21)10-18(27)31-3/h4-5,11-13H,6-10H2,1-3H3. The van der Waals surface area contributed by atoms with Crippen LogP contribution in [0.1, 0.15) is 67.4 Å². The maximum Gasteiger partial charge on any atom is 0.534 e. The molecular weight excluding hydrogens is 529 g/mol. The molecule has 0 heterocycles. The molecule has 1 fully saturated rings. The molecular formula is C22H24BrF3O6S. The molecule has 11 heteroatoms. The number of ether oxygens (including phenoxy) is 1. The number of carbonyl (C=O) groups is 2. The molecule has 3 rings (SSSR count). The zero-order valence-corrected chi connectivity index (χ0v) is 20.7. The second-order valence-electron chi connectivity index (χ2n) is 8.93. The first-order chi connectivity index (χ1) is 15.1. The summed E-state index contributed by atoms with van der Waals surface area (Å²) in [5.74, 6) is -1.03. The van der Waals surface area contributed by atoms with Crippen molar-refractivity contribution in [3.8, 4) is 0 Å². The van der Waals surface area contributed by atoms with Crippen LogP contribution in [0.2, 0.25) is 0 Å². The number of Topliss-reactive ketones (excluding diaryl/α,β-unsaturated/α-hetero) is 1. The van der Waals surface area contributed by atoms with Gasteiger partial charge in [-0.1, -0.05) is 28.1 Å². The topological polar surface area (TPSA) is 86.7 Å². The number of rotatable bonds is 6. The third kappa shape index (κ3) is 5.13. The lowest BCUT2D eigenvalue weighted by molar-refractivity contribution is -0.142. The lowest BCUT2D eigenvalue weighted by atomic mass is 9.67. The van der Waals surface area contributed by atoms with E-state index in [0.717, 1.165) is 0 Å². The molecule has 2 aliphatic carbocycles. The van der Waals surface area contributed by atoms with Crippen LogP contribution in [0, 0.1) is 5.92 Å². The molecule has 0 unspecified atom stereocenters. The van der Waals surface area contributed by atoms with Crippen LogP contribution in [-0.2, 0) is 29.2 Å². The lowest BCUT2D eigenvalue weighted by Gasteiger charge is -2.36. The average molecular weight is 553 g/mol. The minimum atomic E-state index is -5.89. The Morgan fingerprint density at radius 1 is 1.18 bits per heavy atom. The van der Waals surface area contributed by atoms with Gasteiger partial charge in [-0.3, -0.25) is 9.59 Å². The summed E-state index contributed by atoms with van der Waals surface area (Å²) in [5, 5.41) is 0. The summed E-state index contributed by atoms with van der Waals surface area (Å²) in [6, 6.07) is 4.62. The summed E-state index contributed by atoms with van der Waals surface area (Å²) in [6.07, 6.45) is 3.82. The van der Waals surface area contributed by atoms with Crippen molar-refractivity contribution >= 4 is 43.6 Å². The monoisotopic (exact) mass is 552 g/mol.